The lowest BCUT2D eigenvalue weighted by Crippen LogP contribution is -2.11. The molecular weight excluding hydrogens is 927 g/mol. The average molecular weight is 992 g/mol. The van der Waals surface area contributed by atoms with E-state index in [1.807, 2.05) is 6.07 Å². The lowest BCUT2D eigenvalue weighted by Gasteiger charge is -2.09. The van der Waals surface area contributed by atoms with Crippen LogP contribution in [0.5, 0.6) is 23.0 Å². The van der Waals surface area contributed by atoms with E-state index in [2.05, 4.69) is 34.3 Å². The van der Waals surface area contributed by atoms with Gasteiger partial charge in [-0.25, -0.2) is 18.4 Å². The van der Waals surface area contributed by atoms with Crippen LogP contribution in [0.25, 0.3) is 0 Å². The molecule has 0 saturated heterocycles. The number of nitrogens with zero attached hydrogens (tertiary/aromatic N) is 5. The van der Waals surface area contributed by atoms with Crippen LogP contribution in [0.3, 0.4) is 0 Å². The first-order valence-electron chi connectivity index (χ1n) is 25.4. The number of hydrogen-bond donors (Lipinski definition) is 0. The molecule has 0 spiro atoms. The second-order valence-electron chi connectivity index (χ2n) is 17.5. The molecular formula is C57H65F4N5O6. The third-order valence-electron chi connectivity index (χ3n) is 11.8. The van der Waals surface area contributed by atoms with Crippen LogP contribution < -0.4 is 18.9 Å². The average Bonchev–Trinajstić information content (AvgIpc) is 3.39. The summed E-state index contributed by atoms with van der Waals surface area (Å²) in [5.41, 5.74) is -0.0458. The van der Waals surface area contributed by atoms with Gasteiger partial charge in [0.25, 0.3) is 0 Å². The minimum absolute atomic E-state index is 0.0180. The van der Waals surface area contributed by atoms with Crippen molar-refractivity contribution in [2.75, 3.05) is 13.2 Å². The van der Waals surface area contributed by atoms with Crippen molar-refractivity contribution in [3.8, 4) is 29.1 Å². The molecule has 15 heteroatoms. The molecule has 5 rings (SSSR count). The Labute approximate surface area is 420 Å². The molecule has 0 amide bonds. The highest BCUT2D eigenvalue weighted by molar-refractivity contribution is 5.92. The van der Waals surface area contributed by atoms with Crippen LogP contribution in [-0.4, -0.2) is 25.2 Å². The second-order valence-corrected chi connectivity index (χ2v) is 17.5. The first kappa shape index (κ1) is 56.0. The maximum absolute atomic E-state index is 14.9. The Bertz CT molecular complexity index is 2580. The van der Waals surface area contributed by atoms with Crippen LogP contribution in [0.15, 0.2) is 111 Å². The molecule has 0 N–H and O–H groups in total. The Morgan fingerprint density at radius 1 is 0.444 bits per heavy atom. The lowest BCUT2D eigenvalue weighted by molar-refractivity contribution is 0.0732. The zero-order valence-corrected chi connectivity index (χ0v) is 41.4. The minimum Gasteiger partial charge on any atom is -0.490 e. The van der Waals surface area contributed by atoms with Gasteiger partial charge in [0, 0.05) is 6.07 Å². The Morgan fingerprint density at radius 3 is 1.24 bits per heavy atom. The van der Waals surface area contributed by atoms with Gasteiger partial charge in [0.05, 0.1) is 41.3 Å². The van der Waals surface area contributed by atoms with E-state index < -0.39 is 35.2 Å². The van der Waals surface area contributed by atoms with Gasteiger partial charge in [0.15, 0.2) is 28.9 Å². The van der Waals surface area contributed by atoms with Crippen molar-refractivity contribution in [2.45, 2.75) is 142 Å². The molecule has 0 aliphatic heterocycles. The van der Waals surface area contributed by atoms with Gasteiger partial charge in [-0.2, -0.15) is 24.3 Å². The number of halogens is 4. The van der Waals surface area contributed by atoms with E-state index in [0.717, 1.165) is 51.4 Å². The fraction of sp³-hybridized carbons (Fsp3) is 0.421. The van der Waals surface area contributed by atoms with Crippen LogP contribution in [0, 0.1) is 34.6 Å². The molecule has 0 aromatic heterocycles. The van der Waals surface area contributed by atoms with E-state index in [9.17, 15) is 32.4 Å². The van der Waals surface area contributed by atoms with Crippen LogP contribution in [0.4, 0.5) is 40.3 Å². The van der Waals surface area contributed by atoms with E-state index in [1.165, 1.54) is 168 Å². The van der Waals surface area contributed by atoms with Gasteiger partial charge in [0.1, 0.15) is 23.2 Å². The lowest BCUT2D eigenvalue weighted by atomic mass is 10.1. The van der Waals surface area contributed by atoms with Crippen molar-refractivity contribution in [1.82, 2.24) is 0 Å². The zero-order chi connectivity index (χ0) is 51.3. The van der Waals surface area contributed by atoms with Gasteiger partial charge in [0.2, 0.25) is 11.6 Å². The summed E-state index contributed by atoms with van der Waals surface area (Å²) in [5.74, 6) is -6.95. The number of unbranched alkanes of at least 4 members (excludes halogenated alkanes) is 18. The number of ether oxygens (including phenoxy) is 4. The van der Waals surface area contributed by atoms with E-state index in [1.54, 1.807) is 0 Å². The quantitative estimate of drug-likeness (QED) is 0.0137. The first-order chi connectivity index (χ1) is 35.1. The summed E-state index contributed by atoms with van der Waals surface area (Å²) in [6, 6.07) is 22.2. The maximum Gasteiger partial charge on any atom is 0.343 e. The molecule has 5 aromatic rings. The van der Waals surface area contributed by atoms with E-state index in [0.29, 0.717) is 0 Å². The summed E-state index contributed by atoms with van der Waals surface area (Å²) in [6.45, 7) is 4.96. The zero-order valence-electron chi connectivity index (χ0n) is 41.4. The SMILES string of the molecule is CCCCCCCCCCCCOc1ccc(N=Nc2ccc(C(=O)Oc3ccc(C#N)c(OC(=O)c4ccc(N=Nc5ccc(OCCCCCCCCCCCC)c(F)c5F)cc4)c3)cc2)c(F)c1F. The highest BCUT2D eigenvalue weighted by Gasteiger charge is 2.18. The first-order valence-corrected chi connectivity index (χ1v) is 25.4. The normalized spacial score (nSPS) is 11.3. The number of azo groups is 2. The molecule has 0 atom stereocenters. The Balaban J connectivity index is 1.06. The highest BCUT2D eigenvalue weighted by atomic mass is 19.2. The van der Waals surface area contributed by atoms with Crippen LogP contribution >= 0.6 is 0 Å². The topological polar surface area (TPSA) is 144 Å². The second kappa shape index (κ2) is 31.4. The summed E-state index contributed by atoms with van der Waals surface area (Å²) < 4.78 is 81.2. The van der Waals surface area contributed by atoms with Crippen molar-refractivity contribution >= 4 is 34.7 Å². The number of benzene rings is 5. The van der Waals surface area contributed by atoms with Crippen molar-refractivity contribution in [2.24, 2.45) is 20.5 Å². The molecule has 0 saturated carbocycles. The summed E-state index contributed by atoms with van der Waals surface area (Å²) in [4.78, 5) is 26.2. The third kappa shape index (κ3) is 18.7. The molecule has 0 aliphatic carbocycles. The summed E-state index contributed by atoms with van der Waals surface area (Å²) in [5, 5.41) is 25.3. The van der Waals surface area contributed by atoms with E-state index in [-0.39, 0.29) is 75.7 Å². The number of nitriles is 1. The van der Waals surface area contributed by atoms with Gasteiger partial charge in [-0.3, -0.25) is 0 Å². The van der Waals surface area contributed by atoms with Crippen molar-refractivity contribution in [3.05, 3.63) is 131 Å². The van der Waals surface area contributed by atoms with Gasteiger partial charge >= 0.3 is 11.9 Å². The van der Waals surface area contributed by atoms with Crippen molar-refractivity contribution < 1.29 is 46.1 Å². The number of esters is 2. The Kier molecular flexibility index (Phi) is 24.4. The minimum atomic E-state index is -1.20. The number of hydrogen-bond acceptors (Lipinski definition) is 11. The van der Waals surface area contributed by atoms with Gasteiger partial charge in [-0.1, -0.05) is 129 Å². The maximum atomic E-state index is 14.9. The fourth-order valence-corrected chi connectivity index (χ4v) is 7.58. The third-order valence-corrected chi connectivity index (χ3v) is 11.8. The highest BCUT2D eigenvalue weighted by Crippen LogP contribution is 2.32. The molecule has 0 unspecified atom stereocenters. The number of carbonyl (C=O) groups is 2. The van der Waals surface area contributed by atoms with E-state index >= 15 is 0 Å². The smallest absolute Gasteiger partial charge is 0.343 e. The largest absolute Gasteiger partial charge is 0.490 e. The van der Waals surface area contributed by atoms with Crippen LogP contribution in [0.1, 0.15) is 169 Å². The predicted octanol–water partition coefficient (Wildman–Crippen LogP) is 18.0. The molecule has 382 valence electrons. The molecule has 0 heterocycles. The predicted molar refractivity (Wildman–Crippen MR) is 270 cm³/mol. The van der Waals surface area contributed by atoms with Gasteiger partial charge in [-0.15, -0.1) is 10.2 Å². The summed E-state index contributed by atoms with van der Waals surface area (Å²) in [6.07, 6.45) is 23.0. The number of rotatable bonds is 32. The molecule has 5 aromatic carbocycles. The molecule has 0 bridgehead atoms. The number of carbonyl (C=O) groups excluding carboxylic acids is 2. The summed E-state index contributed by atoms with van der Waals surface area (Å²) >= 11 is 0. The molecule has 0 aliphatic rings. The molecule has 0 fully saturated rings. The standard InChI is InChI=1S/C57H65F4N5O6/c1-3-5-7-9-11-13-15-17-19-21-37-69-49-35-33-47(52(58)54(49)60)65-63-44-28-23-41(24-29-44)56(67)71-46-32-27-43(40-62)51(39-46)72-57(68)42-25-30-45(31-26-42)64-66-48-34-36-50(55(61)53(48)59)70-38-22-20-18-16-14-12-10-8-6-4-2/h23-36,39H,3-22,37-38H2,1-2H3. The summed E-state index contributed by atoms with van der Waals surface area (Å²) in [7, 11) is 0. The van der Waals surface area contributed by atoms with Gasteiger partial charge < -0.3 is 18.9 Å². The monoisotopic (exact) mass is 991 g/mol. The van der Waals surface area contributed by atoms with E-state index in [4.69, 9.17) is 18.9 Å². The Hall–Kier alpha value is -6.95. The molecule has 72 heavy (non-hydrogen) atoms. The van der Waals surface area contributed by atoms with Gasteiger partial charge in [-0.05, 0) is 97.8 Å². The van der Waals surface area contributed by atoms with Crippen LogP contribution in [0.2, 0.25) is 0 Å². The Morgan fingerprint density at radius 2 is 0.833 bits per heavy atom. The van der Waals surface area contributed by atoms with Crippen molar-refractivity contribution in [3.63, 3.8) is 0 Å². The fourth-order valence-electron chi connectivity index (χ4n) is 7.58. The van der Waals surface area contributed by atoms with Crippen LogP contribution in [-0.2, 0) is 0 Å². The van der Waals surface area contributed by atoms with Crippen molar-refractivity contribution in [1.29, 1.82) is 5.26 Å². The molecule has 0 radical (unpaired) electrons. The molecule has 11 nitrogen and oxygen atoms in total.